The summed E-state index contributed by atoms with van der Waals surface area (Å²) < 4.78 is 0. The van der Waals surface area contributed by atoms with Crippen LogP contribution in [0.25, 0.3) is 0 Å². The van der Waals surface area contributed by atoms with Crippen molar-refractivity contribution in [1.82, 2.24) is 0 Å². The molecule has 0 spiro atoms. The second-order valence-electron chi connectivity index (χ2n) is 8.14. The Bertz CT molecular complexity index is 1150. The molecule has 30 heavy (non-hydrogen) atoms. The molecule has 5 heteroatoms. The van der Waals surface area contributed by atoms with Crippen LogP contribution in [-0.4, -0.2) is 16.9 Å². The number of nitrogen functional groups attached to an aromatic ring is 1. The third-order valence-corrected chi connectivity index (χ3v) is 6.52. The fourth-order valence-corrected chi connectivity index (χ4v) is 5.10. The normalized spacial score (nSPS) is 21.5. The van der Waals surface area contributed by atoms with E-state index in [9.17, 15) is 9.90 Å². The summed E-state index contributed by atoms with van der Waals surface area (Å²) in [7, 11) is 0. The third-order valence-electron chi connectivity index (χ3n) is 6.52. The molecule has 3 aromatic carbocycles. The average molecular weight is 397 g/mol. The Morgan fingerprint density at radius 1 is 1.00 bits per heavy atom. The molecule has 1 aliphatic carbocycles. The number of hydrogen-bond donors (Lipinski definition) is 4. The van der Waals surface area contributed by atoms with Crippen LogP contribution in [0.2, 0.25) is 0 Å². The average Bonchev–Trinajstić information content (AvgIpc) is 2.77. The van der Waals surface area contributed by atoms with E-state index >= 15 is 0 Å². The minimum Gasteiger partial charge on any atom is -0.478 e. The van der Waals surface area contributed by atoms with Crippen molar-refractivity contribution in [1.29, 1.82) is 5.41 Å². The molecule has 3 atom stereocenters. The number of anilines is 1. The molecule has 0 fully saturated rings. The molecule has 5 nitrogen and oxygen atoms in total. The lowest BCUT2D eigenvalue weighted by atomic mass is 9.65. The molecule has 0 saturated heterocycles. The van der Waals surface area contributed by atoms with Crippen molar-refractivity contribution in [3.8, 4) is 0 Å². The zero-order valence-corrected chi connectivity index (χ0v) is 16.4. The van der Waals surface area contributed by atoms with E-state index in [2.05, 4.69) is 29.6 Å². The molecule has 5 N–H and O–H groups in total. The molecule has 150 valence electrons. The number of hydrogen-bond acceptors (Lipinski definition) is 3. The van der Waals surface area contributed by atoms with Crippen LogP contribution < -0.4 is 11.1 Å². The molecule has 0 radical (unpaired) electrons. The Morgan fingerprint density at radius 2 is 1.73 bits per heavy atom. The molecule has 3 unspecified atom stereocenters. The number of rotatable bonds is 3. The zero-order valence-electron chi connectivity index (χ0n) is 16.4. The number of benzene rings is 3. The summed E-state index contributed by atoms with van der Waals surface area (Å²) in [5.74, 6) is -0.311. The highest BCUT2D eigenvalue weighted by Crippen LogP contribution is 2.52. The summed E-state index contributed by atoms with van der Waals surface area (Å²) in [6.07, 6.45) is 2.05. The quantitative estimate of drug-likeness (QED) is 0.385. The highest BCUT2D eigenvalue weighted by Gasteiger charge is 2.41. The topological polar surface area (TPSA) is 99.2 Å². The summed E-state index contributed by atoms with van der Waals surface area (Å²) >= 11 is 0. The monoisotopic (exact) mass is 397 g/mol. The van der Waals surface area contributed by atoms with Gasteiger partial charge in [0.15, 0.2) is 0 Å². The maximum atomic E-state index is 11.3. The molecule has 0 bridgehead atoms. The van der Waals surface area contributed by atoms with Crippen LogP contribution in [0.1, 0.15) is 56.6 Å². The smallest absolute Gasteiger partial charge is 0.335 e. The number of nitrogens with one attached hydrogen (secondary N) is 2. The number of carboxylic acids is 1. The molecule has 3 aromatic rings. The second kappa shape index (κ2) is 7.02. The summed E-state index contributed by atoms with van der Waals surface area (Å²) in [5, 5.41) is 20.8. The fourth-order valence-electron chi connectivity index (χ4n) is 5.10. The Morgan fingerprint density at radius 3 is 2.47 bits per heavy atom. The van der Waals surface area contributed by atoms with E-state index in [1.54, 1.807) is 12.1 Å². The molecule has 1 aliphatic heterocycles. The number of amidine groups is 1. The highest BCUT2D eigenvalue weighted by molar-refractivity contribution is 5.95. The van der Waals surface area contributed by atoms with Gasteiger partial charge in [0, 0.05) is 17.2 Å². The Kier molecular flexibility index (Phi) is 4.31. The van der Waals surface area contributed by atoms with Crippen LogP contribution in [0.15, 0.2) is 66.7 Å². The minimum absolute atomic E-state index is 0.0739. The van der Waals surface area contributed by atoms with Gasteiger partial charge in [-0.05, 0) is 71.3 Å². The van der Waals surface area contributed by atoms with Gasteiger partial charge in [-0.15, -0.1) is 0 Å². The van der Waals surface area contributed by atoms with E-state index in [-0.39, 0.29) is 17.8 Å². The van der Waals surface area contributed by atoms with Crippen LogP contribution in [0, 0.1) is 11.3 Å². The Labute approximate surface area is 175 Å². The lowest BCUT2D eigenvalue weighted by Crippen LogP contribution is -2.35. The second-order valence-corrected chi connectivity index (χ2v) is 8.14. The zero-order chi connectivity index (χ0) is 20.8. The van der Waals surface area contributed by atoms with E-state index in [0.29, 0.717) is 11.5 Å². The molecule has 1 heterocycles. The summed E-state index contributed by atoms with van der Waals surface area (Å²) in [5.41, 5.74) is 12.8. The van der Waals surface area contributed by atoms with E-state index < -0.39 is 5.97 Å². The van der Waals surface area contributed by atoms with Gasteiger partial charge in [0.05, 0.1) is 11.6 Å². The van der Waals surface area contributed by atoms with Crippen LogP contribution in [0.3, 0.4) is 0 Å². The largest absolute Gasteiger partial charge is 0.478 e. The van der Waals surface area contributed by atoms with Gasteiger partial charge in [-0.25, -0.2) is 4.79 Å². The van der Waals surface area contributed by atoms with Gasteiger partial charge in [-0.3, -0.25) is 5.41 Å². The number of nitrogens with two attached hydrogens (primary N) is 1. The van der Waals surface area contributed by atoms with Crippen molar-refractivity contribution < 1.29 is 9.90 Å². The van der Waals surface area contributed by atoms with Gasteiger partial charge in [-0.1, -0.05) is 36.4 Å². The van der Waals surface area contributed by atoms with Crippen molar-refractivity contribution in [3.63, 3.8) is 0 Å². The van der Waals surface area contributed by atoms with Crippen LogP contribution in [-0.2, 0) is 6.42 Å². The number of carbonyl (C=O) groups is 1. The molecule has 5 rings (SSSR count). The lowest BCUT2D eigenvalue weighted by molar-refractivity contribution is 0.0697. The molecule has 0 saturated carbocycles. The maximum absolute atomic E-state index is 11.3. The lowest BCUT2D eigenvalue weighted by Gasteiger charge is -2.44. The molecular weight excluding hydrogens is 374 g/mol. The van der Waals surface area contributed by atoms with E-state index in [0.717, 1.165) is 29.7 Å². The number of aromatic carboxylic acids is 1. The first-order chi connectivity index (χ1) is 14.5. The predicted molar refractivity (Wildman–Crippen MR) is 117 cm³/mol. The Balaban J connectivity index is 1.65. The first kappa shape index (κ1) is 18.4. The van der Waals surface area contributed by atoms with Gasteiger partial charge < -0.3 is 16.2 Å². The first-order valence-electron chi connectivity index (χ1n) is 10.2. The fraction of sp³-hybridized carbons (Fsp3) is 0.200. The van der Waals surface area contributed by atoms with Gasteiger partial charge in [0.2, 0.25) is 0 Å². The summed E-state index contributed by atoms with van der Waals surface area (Å²) in [4.78, 5) is 11.3. The van der Waals surface area contributed by atoms with Crippen molar-refractivity contribution in [2.24, 2.45) is 11.7 Å². The number of fused-ring (bicyclic) bond motifs is 5. The molecule has 0 amide bonds. The SMILES string of the molecule is N=C(N)c1ccc2c(c1)C1c3ccccc3CCC1C(c1ccc(C(=O)O)cc1)N2. The van der Waals surface area contributed by atoms with Crippen LogP contribution in [0.4, 0.5) is 5.69 Å². The third kappa shape index (κ3) is 2.94. The van der Waals surface area contributed by atoms with Gasteiger partial charge >= 0.3 is 5.97 Å². The summed E-state index contributed by atoms with van der Waals surface area (Å²) in [6, 6.07) is 21.8. The first-order valence-corrected chi connectivity index (χ1v) is 10.2. The Hall–Kier alpha value is -3.60. The summed E-state index contributed by atoms with van der Waals surface area (Å²) in [6.45, 7) is 0. The molecule has 2 aliphatic rings. The number of aryl methyl sites for hydroxylation is 1. The number of carboxylic acid groups (broad SMARTS) is 1. The van der Waals surface area contributed by atoms with Crippen molar-refractivity contribution in [2.45, 2.75) is 24.8 Å². The molecular formula is C25H23N3O2. The van der Waals surface area contributed by atoms with Gasteiger partial charge in [0.25, 0.3) is 0 Å². The van der Waals surface area contributed by atoms with E-state index in [4.69, 9.17) is 11.1 Å². The van der Waals surface area contributed by atoms with Crippen LogP contribution >= 0.6 is 0 Å². The van der Waals surface area contributed by atoms with Crippen molar-refractivity contribution >= 4 is 17.5 Å². The maximum Gasteiger partial charge on any atom is 0.335 e. The molecule has 0 aromatic heterocycles. The predicted octanol–water partition coefficient (Wildman–Crippen LogP) is 4.53. The van der Waals surface area contributed by atoms with E-state index in [1.165, 1.54) is 16.7 Å². The van der Waals surface area contributed by atoms with Crippen molar-refractivity contribution in [2.75, 3.05) is 5.32 Å². The van der Waals surface area contributed by atoms with E-state index in [1.807, 2.05) is 30.3 Å². The standard InChI is InChI=1S/C25H23N3O2/c26-24(27)17-10-12-21-20(13-17)22-18-4-2-1-3-14(18)9-11-19(22)23(28-21)15-5-7-16(8-6-15)25(29)30/h1-8,10,12-13,19,22-23,28H,9,11H2,(H3,26,27)(H,29,30). The van der Waals surface area contributed by atoms with Gasteiger partial charge in [0.1, 0.15) is 5.84 Å². The van der Waals surface area contributed by atoms with Crippen LogP contribution in [0.5, 0.6) is 0 Å². The van der Waals surface area contributed by atoms with Crippen molar-refractivity contribution in [3.05, 3.63) is 100 Å². The highest BCUT2D eigenvalue weighted by atomic mass is 16.4. The van der Waals surface area contributed by atoms with Gasteiger partial charge in [-0.2, -0.15) is 0 Å². The minimum atomic E-state index is -0.912.